The normalized spacial score (nSPS) is 14.6. The summed E-state index contributed by atoms with van der Waals surface area (Å²) < 4.78 is 5.86. The molecule has 0 saturated heterocycles. The maximum absolute atomic E-state index is 5.86. The van der Waals surface area contributed by atoms with Crippen molar-refractivity contribution in [1.29, 1.82) is 0 Å². The van der Waals surface area contributed by atoms with E-state index < -0.39 is 0 Å². The van der Waals surface area contributed by atoms with Gasteiger partial charge in [-0.3, -0.25) is 0 Å². The number of nitrogens with one attached hydrogen (secondary N) is 1. The first-order valence-electron chi connectivity index (χ1n) is 9.02. The Morgan fingerprint density at radius 1 is 1.27 bits per heavy atom. The molecule has 2 heterocycles. The summed E-state index contributed by atoms with van der Waals surface area (Å²) in [4.78, 5) is 11.4. The van der Waals surface area contributed by atoms with E-state index in [-0.39, 0.29) is 29.4 Å². The number of fused-ring (bicyclic) bond motifs is 1. The highest BCUT2D eigenvalue weighted by Crippen LogP contribution is 2.23. The maximum atomic E-state index is 5.86. The van der Waals surface area contributed by atoms with Gasteiger partial charge >= 0.3 is 0 Å². The van der Waals surface area contributed by atoms with E-state index in [9.17, 15) is 0 Å². The summed E-state index contributed by atoms with van der Waals surface area (Å²) >= 11 is 0. The molecule has 6 heteroatoms. The first-order valence-corrected chi connectivity index (χ1v) is 9.02. The van der Waals surface area contributed by atoms with Gasteiger partial charge in [-0.15, -0.1) is 24.0 Å². The quantitative estimate of drug-likeness (QED) is 0.419. The number of nitrogens with zero attached hydrogens (tertiary/aromatic N) is 3. The van der Waals surface area contributed by atoms with Gasteiger partial charge in [-0.2, -0.15) is 0 Å². The number of benzene rings is 1. The Morgan fingerprint density at radius 3 is 2.65 bits per heavy atom. The van der Waals surface area contributed by atoms with Gasteiger partial charge in [0.2, 0.25) is 5.89 Å². The molecule has 5 nitrogen and oxygen atoms in total. The van der Waals surface area contributed by atoms with Crippen molar-refractivity contribution >= 4 is 29.9 Å². The van der Waals surface area contributed by atoms with Crippen LogP contribution in [0.25, 0.3) is 0 Å². The first-order chi connectivity index (χ1) is 12.0. The maximum Gasteiger partial charge on any atom is 0.216 e. The average molecular weight is 468 g/mol. The number of guanidine groups is 1. The molecule has 2 aromatic rings. The van der Waals surface area contributed by atoms with Crippen molar-refractivity contribution in [3.8, 4) is 0 Å². The zero-order valence-electron chi connectivity index (χ0n) is 16.1. The van der Waals surface area contributed by atoms with Crippen LogP contribution in [0.3, 0.4) is 0 Å². The number of hydrogen-bond acceptors (Lipinski definition) is 3. The number of aromatic nitrogens is 1. The van der Waals surface area contributed by atoms with Crippen LogP contribution in [0, 0.1) is 0 Å². The van der Waals surface area contributed by atoms with E-state index in [1.54, 1.807) is 0 Å². The zero-order valence-corrected chi connectivity index (χ0v) is 18.4. The van der Waals surface area contributed by atoms with Gasteiger partial charge in [0.15, 0.2) is 5.96 Å². The van der Waals surface area contributed by atoms with Crippen molar-refractivity contribution in [3.63, 3.8) is 0 Å². The minimum absolute atomic E-state index is 0. The van der Waals surface area contributed by atoms with Crippen molar-refractivity contribution in [2.24, 2.45) is 4.99 Å². The van der Waals surface area contributed by atoms with Gasteiger partial charge < -0.3 is 14.6 Å². The van der Waals surface area contributed by atoms with Crippen molar-refractivity contribution in [2.45, 2.75) is 52.6 Å². The molecule has 1 aromatic carbocycles. The number of rotatable bonds is 3. The molecule has 142 valence electrons. The first kappa shape index (κ1) is 20.7. The molecule has 1 aromatic heterocycles. The van der Waals surface area contributed by atoms with Crippen LogP contribution in [-0.4, -0.2) is 28.9 Å². The summed E-state index contributed by atoms with van der Waals surface area (Å²) in [6.45, 7) is 11.6. The molecule has 3 rings (SSSR count). The van der Waals surface area contributed by atoms with Crippen LogP contribution < -0.4 is 5.32 Å². The smallest absolute Gasteiger partial charge is 0.216 e. The Balaban J connectivity index is 0.00000243. The molecule has 0 saturated carbocycles. The number of oxazole rings is 1. The molecular formula is C20H29IN4O. The van der Waals surface area contributed by atoms with E-state index in [0.29, 0.717) is 12.4 Å². The van der Waals surface area contributed by atoms with Gasteiger partial charge in [0.25, 0.3) is 0 Å². The number of aliphatic imine (C=N–C) groups is 1. The van der Waals surface area contributed by atoms with Gasteiger partial charge in [0, 0.05) is 25.0 Å². The van der Waals surface area contributed by atoms with Crippen LogP contribution >= 0.6 is 24.0 Å². The Hall–Kier alpha value is -1.57. The number of hydrogen-bond donors (Lipinski definition) is 1. The minimum Gasteiger partial charge on any atom is -0.443 e. The summed E-state index contributed by atoms with van der Waals surface area (Å²) in [6.07, 6.45) is 2.86. The van der Waals surface area contributed by atoms with Gasteiger partial charge in [-0.05, 0) is 24.5 Å². The lowest BCUT2D eigenvalue weighted by Gasteiger charge is -2.31. The third kappa shape index (κ3) is 4.99. The molecule has 0 amide bonds. The van der Waals surface area contributed by atoms with Crippen molar-refractivity contribution in [1.82, 2.24) is 15.2 Å². The molecule has 0 fully saturated rings. The van der Waals surface area contributed by atoms with Crippen molar-refractivity contribution in [2.75, 3.05) is 13.1 Å². The molecule has 1 N–H and O–H groups in total. The topological polar surface area (TPSA) is 53.7 Å². The molecule has 0 bridgehead atoms. The van der Waals surface area contributed by atoms with Crippen molar-refractivity contribution in [3.05, 3.63) is 53.2 Å². The minimum atomic E-state index is -0.0317. The Kier molecular flexibility index (Phi) is 7.08. The van der Waals surface area contributed by atoms with Crippen LogP contribution in [0.15, 0.2) is 39.9 Å². The Morgan fingerprint density at radius 2 is 2.00 bits per heavy atom. The molecule has 0 atom stereocenters. The number of halogens is 1. The van der Waals surface area contributed by atoms with E-state index in [2.05, 4.69) is 67.2 Å². The van der Waals surface area contributed by atoms with E-state index in [4.69, 9.17) is 9.41 Å². The average Bonchev–Trinajstić information content (AvgIpc) is 3.07. The standard InChI is InChI=1S/C20H28N4O.HI/c1-5-21-19(23-13-18-22-12-17(25-18)20(2,3)4)24-11-10-15-8-6-7-9-16(15)14-24;/h6-9,12H,5,10-11,13-14H2,1-4H3,(H,21,23);1H. The summed E-state index contributed by atoms with van der Waals surface area (Å²) in [5, 5.41) is 3.40. The second kappa shape index (κ2) is 8.88. The van der Waals surface area contributed by atoms with Crippen molar-refractivity contribution < 1.29 is 4.42 Å². The van der Waals surface area contributed by atoms with E-state index >= 15 is 0 Å². The predicted octanol–water partition coefficient (Wildman–Crippen LogP) is 4.11. The summed E-state index contributed by atoms with van der Waals surface area (Å²) in [5.41, 5.74) is 2.79. The molecular weight excluding hydrogens is 439 g/mol. The zero-order chi connectivity index (χ0) is 17.9. The molecule has 1 aliphatic heterocycles. The Bertz CT molecular complexity index is 748. The van der Waals surface area contributed by atoms with Gasteiger partial charge in [-0.1, -0.05) is 45.0 Å². The predicted molar refractivity (Wildman–Crippen MR) is 116 cm³/mol. The summed E-state index contributed by atoms with van der Waals surface area (Å²) in [6, 6.07) is 8.64. The lowest BCUT2D eigenvalue weighted by molar-refractivity contribution is 0.370. The highest BCUT2D eigenvalue weighted by atomic mass is 127. The molecule has 1 aliphatic rings. The molecule has 26 heavy (non-hydrogen) atoms. The van der Waals surface area contributed by atoms with Crippen LogP contribution in [0.1, 0.15) is 50.5 Å². The summed E-state index contributed by atoms with van der Waals surface area (Å²) in [7, 11) is 0. The van der Waals surface area contributed by atoms with E-state index in [1.807, 2.05) is 6.20 Å². The van der Waals surface area contributed by atoms with Crippen LogP contribution in [0.5, 0.6) is 0 Å². The fraction of sp³-hybridized carbons (Fsp3) is 0.500. The second-order valence-corrected chi connectivity index (χ2v) is 7.48. The highest BCUT2D eigenvalue weighted by Gasteiger charge is 2.20. The Labute approximate surface area is 173 Å². The van der Waals surface area contributed by atoms with Crippen LogP contribution in [0.4, 0.5) is 0 Å². The molecule has 0 aliphatic carbocycles. The summed E-state index contributed by atoms with van der Waals surface area (Å²) in [5.74, 6) is 2.49. The SMILES string of the molecule is CCNC(=NCc1ncc(C(C)(C)C)o1)N1CCc2ccccc2C1.I. The molecule has 0 spiro atoms. The second-order valence-electron chi connectivity index (χ2n) is 7.48. The van der Waals surface area contributed by atoms with Gasteiger partial charge in [0.1, 0.15) is 12.3 Å². The largest absolute Gasteiger partial charge is 0.443 e. The molecule has 0 radical (unpaired) electrons. The monoisotopic (exact) mass is 468 g/mol. The third-order valence-electron chi connectivity index (χ3n) is 4.42. The van der Waals surface area contributed by atoms with Crippen LogP contribution in [0.2, 0.25) is 0 Å². The molecule has 0 unspecified atom stereocenters. The third-order valence-corrected chi connectivity index (χ3v) is 4.42. The van der Waals surface area contributed by atoms with Crippen LogP contribution in [-0.2, 0) is 24.9 Å². The van der Waals surface area contributed by atoms with Gasteiger partial charge in [0.05, 0.1) is 6.20 Å². The van der Waals surface area contributed by atoms with E-state index in [1.165, 1.54) is 11.1 Å². The fourth-order valence-electron chi connectivity index (χ4n) is 2.97. The van der Waals surface area contributed by atoms with Gasteiger partial charge in [-0.25, -0.2) is 9.98 Å². The highest BCUT2D eigenvalue weighted by molar-refractivity contribution is 14.0. The lowest BCUT2D eigenvalue weighted by Crippen LogP contribution is -2.44. The fourth-order valence-corrected chi connectivity index (χ4v) is 2.97. The lowest BCUT2D eigenvalue weighted by atomic mass is 9.94. The van der Waals surface area contributed by atoms with E-state index in [0.717, 1.165) is 37.8 Å².